The van der Waals surface area contributed by atoms with Gasteiger partial charge in [0.15, 0.2) is 0 Å². The average molecular weight is 442 g/mol. The van der Waals surface area contributed by atoms with E-state index >= 15 is 0 Å². The van der Waals surface area contributed by atoms with Gasteiger partial charge in [-0.15, -0.1) is 0 Å². The summed E-state index contributed by atoms with van der Waals surface area (Å²) in [4.78, 5) is 20.0. The number of carbonyl (C=O) groups excluding carboxylic acids is 1. The highest BCUT2D eigenvalue weighted by Crippen LogP contribution is 2.22. The van der Waals surface area contributed by atoms with Crippen molar-refractivity contribution >= 4 is 63.3 Å². The maximum Gasteiger partial charge on any atom is 0.256 e. The fraction of sp³-hybridized carbons (Fsp3) is 0.0833. The number of amides is 1. The zero-order chi connectivity index (χ0) is 14.7. The molecule has 0 aliphatic carbocycles. The number of halogens is 4. The second kappa shape index (κ2) is 6.89. The molecule has 1 N–H and O–H groups in total. The standard InChI is InChI=1S/C12H7Cl3IN3O/c13-7-1-2-17-11(15)10(7)12(20)19-5-9-8(14)3-6(16)4-18-9/h1-4H,5H2,(H,19,20). The Labute approximate surface area is 144 Å². The van der Waals surface area contributed by atoms with Gasteiger partial charge in [-0.05, 0) is 34.7 Å². The molecule has 2 rings (SSSR count). The molecular weight excluding hydrogens is 435 g/mol. The van der Waals surface area contributed by atoms with Gasteiger partial charge in [0.2, 0.25) is 0 Å². The third-order valence-corrected chi connectivity index (χ3v) is 3.90. The minimum atomic E-state index is -0.426. The Bertz CT molecular complexity index is 646. The van der Waals surface area contributed by atoms with Crippen LogP contribution in [0, 0.1) is 3.57 Å². The Kier molecular flexibility index (Phi) is 5.42. The molecule has 0 saturated carbocycles. The molecule has 4 nitrogen and oxygen atoms in total. The zero-order valence-corrected chi connectivity index (χ0v) is 14.3. The summed E-state index contributed by atoms with van der Waals surface area (Å²) in [5.41, 5.74) is 0.703. The molecule has 8 heteroatoms. The highest BCUT2D eigenvalue weighted by molar-refractivity contribution is 14.1. The number of rotatable bonds is 3. The van der Waals surface area contributed by atoms with Crippen LogP contribution in [0.15, 0.2) is 24.5 Å². The number of hydrogen-bond donors (Lipinski definition) is 1. The molecular formula is C12H7Cl3IN3O. The van der Waals surface area contributed by atoms with E-state index in [2.05, 4.69) is 37.9 Å². The highest BCUT2D eigenvalue weighted by Gasteiger charge is 2.16. The molecule has 2 aromatic rings. The summed E-state index contributed by atoms with van der Waals surface area (Å²) in [6.07, 6.45) is 3.09. The lowest BCUT2D eigenvalue weighted by Gasteiger charge is -2.08. The minimum absolute atomic E-state index is 0.0525. The topological polar surface area (TPSA) is 54.9 Å². The van der Waals surface area contributed by atoms with Crippen molar-refractivity contribution in [2.24, 2.45) is 0 Å². The molecule has 1 amide bonds. The molecule has 20 heavy (non-hydrogen) atoms. The first-order chi connectivity index (χ1) is 9.49. The van der Waals surface area contributed by atoms with Crippen LogP contribution in [-0.2, 0) is 6.54 Å². The predicted molar refractivity (Wildman–Crippen MR) is 87.4 cm³/mol. The lowest BCUT2D eigenvalue weighted by atomic mass is 10.2. The van der Waals surface area contributed by atoms with Crippen molar-refractivity contribution in [1.29, 1.82) is 0 Å². The molecule has 0 fully saturated rings. The normalized spacial score (nSPS) is 10.4. The Hall–Kier alpha value is -0.630. The van der Waals surface area contributed by atoms with Crippen LogP contribution < -0.4 is 5.32 Å². The van der Waals surface area contributed by atoms with E-state index < -0.39 is 5.91 Å². The third-order valence-electron chi connectivity index (χ3n) is 2.38. The number of carbonyl (C=O) groups is 1. The van der Waals surface area contributed by atoms with Gasteiger partial charge in [-0.1, -0.05) is 34.8 Å². The lowest BCUT2D eigenvalue weighted by Crippen LogP contribution is -2.24. The molecule has 0 aliphatic rings. The second-order valence-electron chi connectivity index (χ2n) is 3.72. The number of aromatic nitrogens is 2. The number of hydrogen-bond acceptors (Lipinski definition) is 3. The van der Waals surface area contributed by atoms with Crippen LogP contribution in [0.1, 0.15) is 16.1 Å². The average Bonchev–Trinajstić information content (AvgIpc) is 2.37. The van der Waals surface area contributed by atoms with Crippen LogP contribution in [0.2, 0.25) is 15.2 Å². The largest absolute Gasteiger partial charge is 0.346 e. The molecule has 2 heterocycles. The summed E-state index contributed by atoms with van der Waals surface area (Å²) >= 11 is 19.9. The van der Waals surface area contributed by atoms with E-state index in [-0.39, 0.29) is 22.3 Å². The maximum atomic E-state index is 12.0. The monoisotopic (exact) mass is 441 g/mol. The molecule has 0 spiro atoms. The summed E-state index contributed by atoms with van der Waals surface area (Å²) in [6.45, 7) is 0.177. The van der Waals surface area contributed by atoms with E-state index in [1.54, 1.807) is 12.3 Å². The lowest BCUT2D eigenvalue weighted by molar-refractivity contribution is 0.0950. The Morgan fingerprint density at radius 3 is 2.65 bits per heavy atom. The van der Waals surface area contributed by atoms with E-state index in [4.69, 9.17) is 34.8 Å². The van der Waals surface area contributed by atoms with Crippen molar-refractivity contribution in [1.82, 2.24) is 15.3 Å². The van der Waals surface area contributed by atoms with Crippen LogP contribution in [0.25, 0.3) is 0 Å². The van der Waals surface area contributed by atoms with Gasteiger partial charge in [0, 0.05) is 16.0 Å². The van der Waals surface area contributed by atoms with Gasteiger partial charge in [-0.3, -0.25) is 9.78 Å². The smallest absolute Gasteiger partial charge is 0.256 e. The van der Waals surface area contributed by atoms with Crippen molar-refractivity contribution in [3.8, 4) is 0 Å². The molecule has 0 aliphatic heterocycles. The molecule has 0 unspecified atom stereocenters. The van der Waals surface area contributed by atoms with Crippen LogP contribution in [0.4, 0.5) is 0 Å². The first-order valence-corrected chi connectivity index (χ1v) is 7.58. The molecule has 0 bridgehead atoms. The molecule has 0 radical (unpaired) electrons. The van der Waals surface area contributed by atoms with Gasteiger partial charge in [-0.25, -0.2) is 4.98 Å². The quantitative estimate of drug-likeness (QED) is 0.578. The van der Waals surface area contributed by atoms with E-state index in [1.165, 1.54) is 12.3 Å². The Morgan fingerprint density at radius 1 is 1.25 bits per heavy atom. The van der Waals surface area contributed by atoms with Crippen molar-refractivity contribution < 1.29 is 4.79 Å². The zero-order valence-electron chi connectivity index (χ0n) is 9.83. The SMILES string of the molecule is O=C(NCc1ncc(I)cc1Cl)c1c(Cl)ccnc1Cl. The van der Waals surface area contributed by atoms with Crippen molar-refractivity contribution in [3.63, 3.8) is 0 Å². The van der Waals surface area contributed by atoms with Gasteiger partial charge in [0.05, 0.1) is 27.8 Å². The predicted octanol–water partition coefficient (Wildman–Crippen LogP) is 3.97. The van der Waals surface area contributed by atoms with Crippen molar-refractivity contribution in [2.75, 3.05) is 0 Å². The third kappa shape index (κ3) is 3.72. The second-order valence-corrected chi connectivity index (χ2v) is 6.14. The van der Waals surface area contributed by atoms with Gasteiger partial charge < -0.3 is 5.32 Å². The fourth-order valence-corrected chi connectivity index (χ4v) is 2.83. The molecule has 0 aromatic carbocycles. The van der Waals surface area contributed by atoms with Crippen LogP contribution >= 0.6 is 57.4 Å². The van der Waals surface area contributed by atoms with Gasteiger partial charge >= 0.3 is 0 Å². The van der Waals surface area contributed by atoms with E-state index in [1.807, 2.05) is 0 Å². The highest BCUT2D eigenvalue weighted by atomic mass is 127. The molecule has 0 saturated heterocycles. The Balaban J connectivity index is 2.13. The summed E-state index contributed by atoms with van der Waals surface area (Å²) in [5.74, 6) is -0.426. The van der Waals surface area contributed by atoms with Crippen LogP contribution in [0.3, 0.4) is 0 Å². The first kappa shape index (κ1) is 15.8. The molecule has 104 valence electrons. The number of pyridine rings is 2. The summed E-state index contributed by atoms with van der Waals surface area (Å²) in [7, 11) is 0. The van der Waals surface area contributed by atoms with Gasteiger partial charge in [-0.2, -0.15) is 0 Å². The summed E-state index contributed by atoms with van der Waals surface area (Å²) in [5, 5.41) is 3.44. The van der Waals surface area contributed by atoms with Crippen LogP contribution in [-0.4, -0.2) is 15.9 Å². The van der Waals surface area contributed by atoms with E-state index in [9.17, 15) is 4.79 Å². The Morgan fingerprint density at radius 2 is 2.00 bits per heavy atom. The van der Waals surface area contributed by atoms with Gasteiger partial charge in [0.25, 0.3) is 5.91 Å². The van der Waals surface area contributed by atoms with Crippen molar-refractivity contribution in [3.05, 3.63) is 54.6 Å². The number of nitrogens with zero attached hydrogens (tertiary/aromatic N) is 2. The summed E-state index contributed by atoms with van der Waals surface area (Å²) in [6, 6.07) is 3.26. The minimum Gasteiger partial charge on any atom is -0.346 e. The van der Waals surface area contributed by atoms with E-state index in [0.29, 0.717) is 10.7 Å². The summed E-state index contributed by atoms with van der Waals surface area (Å²) < 4.78 is 0.918. The molecule has 0 atom stereocenters. The van der Waals surface area contributed by atoms with E-state index in [0.717, 1.165) is 3.57 Å². The number of nitrogens with one attached hydrogen (secondary N) is 1. The van der Waals surface area contributed by atoms with Gasteiger partial charge in [0.1, 0.15) is 5.15 Å². The van der Waals surface area contributed by atoms with Crippen molar-refractivity contribution in [2.45, 2.75) is 6.54 Å². The fourth-order valence-electron chi connectivity index (χ4n) is 1.44. The van der Waals surface area contributed by atoms with Crippen LogP contribution in [0.5, 0.6) is 0 Å². The first-order valence-electron chi connectivity index (χ1n) is 5.37. The maximum absolute atomic E-state index is 12.0. The molecule has 2 aromatic heterocycles.